The van der Waals surface area contributed by atoms with E-state index in [0.717, 1.165) is 24.2 Å². The fraction of sp³-hybridized carbons (Fsp3) is 0.588. The van der Waals surface area contributed by atoms with Gasteiger partial charge in [0.1, 0.15) is 0 Å². The smallest absolute Gasteiger partial charge is 0.255 e. The zero-order valence-electron chi connectivity index (χ0n) is 13.4. The summed E-state index contributed by atoms with van der Waals surface area (Å²) < 4.78 is 0. The lowest BCUT2D eigenvalue weighted by atomic mass is 9.98. The summed E-state index contributed by atoms with van der Waals surface area (Å²) in [6, 6.07) is 8.70. The molecule has 116 valence electrons. The molecule has 1 heterocycles. The van der Waals surface area contributed by atoms with Crippen molar-refractivity contribution >= 4 is 11.6 Å². The second-order valence-electron chi connectivity index (χ2n) is 6.17. The predicted molar refractivity (Wildman–Crippen MR) is 87.8 cm³/mol. The van der Waals surface area contributed by atoms with Crippen LogP contribution < -0.4 is 10.6 Å². The van der Waals surface area contributed by atoms with Gasteiger partial charge >= 0.3 is 0 Å². The molecule has 2 unspecified atom stereocenters. The first-order valence-electron chi connectivity index (χ1n) is 7.88. The van der Waals surface area contributed by atoms with E-state index in [0.29, 0.717) is 12.1 Å². The summed E-state index contributed by atoms with van der Waals surface area (Å²) >= 11 is 0. The van der Waals surface area contributed by atoms with Gasteiger partial charge in [-0.15, -0.1) is 0 Å². The van der Waals surface area contributed by atoms with Gasteiger partial charge in [-0.2, -0.15) is 0 Å². The van der Waals surface area contributed by atoms with Gasteiger partial charge in [0.15, 0.2) is 0 Å². The summed E-state index contributed by atoms with van der Waals surface area (Å²) in [5.41, 5.74) is 1.67. The van der Waals surface area contributed by atoms with Gasteiger partial charge in [-0.05, 0) is 44.9 Å². The largest absolute Gasteiger partial charge is 0.382 e. The van der Waals surface area contributed by atoms with Crippen LogP contribution in [0, 0.1) is 0 Å². The van der Waals surface area contributed by atoms with Crippen LogP contribution in [0.15, 0.2) is 24.3 Å². The molecule has 2 rings (SSSR count). The highest BCUT2D eigenvalue weighted by Crippen LogP contribution is 2.20. The second-order valence-corrected chi connectivity index (χ2v) is 6.17. The number of anilines is 1. The lowest BCUT2D eigenvalue weighted by molar-refractivity contribution is 0.0828. The molecule has 0 aliphatic carbocycles. The van der Waals surface area contributed by atoms with Crippen molar-refractivity contribution in [2.24, 2.45) is 0 Å². The summed E-state index contributed by atoms with van der Waals surface area (Å²) in [7, 11) is 3.57. The molecule has 1 saturated heterocycles. The maximum absolute atomic E-state index is 12.2. The molecule has 2 N–H and O–H groups in total. The number of benzene rings is 1. The quantitative estimate of drug-likeness (QED) is 0.876. The van der Waals surface area contributed by atoms with E-state index in [-0.39, 0.29) is 5.91 Å². The number of hydrogen-bond acceptors (Lipinski definition) is 3. The number of nitrogens with zero attached hydrogens (tertiary/aromatic N) is 1. The van der Waals surface area contributed by atoms with Crippen molar-refractivity contribution in [3.05, 3.63) is 29.8 Å². The van der Waals surface area contributed by atoms with E-state index in [4.69, 9.17) is 0 Å². The van der Waals surface area contributed by atoms with Gasteiger partial charge in [-0.3, -0.25) is 4.79 Å². The molecule has 0 aromatic heterocycles. The van der Waals surface area contributed by atoms with Gasteiger partial charge < -0.3 is 15.5 Å². The molecule has 1 aliphatic rings. The van der Waals surface area contributed by atoms with Crippen molar-refractivity contribution in [1.29, 1.82) is 0 Å². The third-order valence-corrected chi connectivity index (χ3v) is 4.02. The Balaban J connectivity index is 1.99. The van der Waals surface area contributed by atoms with Crippen LogP contribution in [0.5, 0.6) is 0 Å². The number of carbonyl (C=O) groups excluding carboxylic acids is 1. The summed E-state index contributed by atoms with van der Waals surface area (Å²) in [6.07, 6.45) is 4.95. The van der Waals surface area contributed by atoms with Crippen molar-refractivity contribution in [1.82, 2.24) is 10.2 Å². The number of carbonyl (C=O) groups is 1. The van der Waals surface area contributed by atoms with Gasteiger partial charge in [0.2, 0.25) is 0 Å². The van der Waals surface area contributed by atoms with Crippen LogP contribution in [0.4, 0.5) is 5.69 Å². The Morgan fingerprint density at radius 3 is 2.81 bits per heavy atom. The van der Waals surface area contributed by atoms with Crippen molar-refractivity contribution in [3.8, 4) is 0 Å². The minimum absolute atomic E-state index is 0.0427. The van der Waals surface area contributed by atoms with Crippen LogP contribution in [-0.2, 0) is 0 Å². The molecule has 1 aromatic rings. The molecule has 21 heavy (non-hydrogen) atoms. The molecule has 4 heteroatoms. The molecule has 2 atom stereocenters. The molecule has 1 aliphatic heterocycles. The van der Waals surface area contributed by atoms with E-state index in [1.54, 1.807) is 19.0 Å². The predicted octanol–water partition coefficient (Wildman–Crippen LogP) is 2.72. The summed E-state index contributed by atoms with van der Waals surface area (Å²) in [4.78, 5) is 13.8. The molecule has 1 aromatic carbocycles. The molecular weight excluding hydrogens is 262 g/mol. The molecule has 1 fully saturated rings. The highest BCUT2D eigenvalue weighted by atomic mass is 16.2. The van der Waals surface area contributed by atoms with Gasteiger partial charge in [-0.1, -0.05) is 18.6 Å². The summed E-state index contributed by atoms with van der Waals surface area (Å²) in [6.45, 7) is 3.32. The van der Waals surface area contributed by atoms with E-state index in [9.17, 15) is 4.79 Å². The van der Waals surface area contributed by atoms with Crippen molar-refractivity contribution in [3.63, 3.8) is 0 Å². The Morgan fingerprint density at radius 1 is 1.38 bits per heavy atom. The fourth-order valence-corrected chi connectivity index (χ4v) is 2.91. The van der Waals surface area contributed by atoms with E-state index >= 15 is 0 Å². The first kappa shape index (κ1) is 15.8. The average Bonchev–Trinajstić information content (AvgIpc) is 2.48. The van der Waals surface area contributed by atoms with Crippen molar-refractivity contribution in [2.75, 3.05) is 26.0 Å². The maximum Gasteiger partial charge on any atom is 0.255 e. The molecular formula is C17H27N3O. The van der Waals surface area contributed by atoms with Gasteiger partial charge in [0.25, 0.3) is 5.91 Å². The second kappa shape index (κ2) is 7.46. The maximum atomic E-state index is 12.2. The Kier molecular flexibility index (Phi) is 5.62. The van der Waals surface area contributed by atoms with Gasteiger partial charge in [0.05, 0.1) is 5.56 Å². The standard InChI is InChI=1S/C17H27N3O/c1-13(12-14-8-6-7-11-18-14)19-16-10-5-4-9-15(16)17(21)20(2)3/h4-5,9-10,13-14,18-19H,6-8,11-12H2,1-3H3. The van der Waals surface area contributed by atoms with Crippen LogP contribution >= 0.6 is 0 Å². The lowest BCUT2D eigenvalue weighted by Gasteiger charge is -2.27. The number of hydrogen-bond donors (Lipinski definition) is 2. The first-order chi connectivity index (χ1) is 10.1. The Morgan fingerprint density at radius 2 is 2.14 bits per heavy atom. The summed E-state index contributed by atoms with van der Waals surface area (Å²) in [5, 5.41) is 7.08. The van der Waals surface area contributed by atoms with Crippen molar-refractivity contribution in [2.45, 2.75) is 44.7 Å². The molecule has 0 bridgehead atoms. The highest BCUT2D eigenvalue weighted by molar-refractivity contribution is 5.99. The number of nitrogens with one attached hydrogen (secondary N) is 2. The topological polar surface area (TPSA) is 44.4 Å². The minimum Gasteiger partial charge on any atom is -0.382 e. The monoisotopic (exact) mass is 289 g/mol. The van der Waals surface area contributed by atoms with Gasteiger partial charge in [-0.25, -0.2) is 0 Å². The first-order valence-corrected chi connectivity index (χ1v) is 7.88. The normalized spacial score (nSPS) is 19.9. The lowest BCUT2D eigenvalue weighted by Crippen LogP contribution is -2.38. The van der Waals surface area contributed by atoms with E-state index in [1.165, 1.54) is 19.3 Å². The van der Waals surface area contributed by atoms with E-state index in [1.807, 2.05) is 24.3 Å². The van der Waals surface area contributed by atoms with Crippen molar-refractivity contribution < 1.29 is 4.79 Å². The molecule has 0 saturated carbocycles. The van der Waals surface area contributed by atoms with E-state index < -0.39 is 0 Å². The number of piperidine rings is 1. The fourth-order valence-electron chi connectivity index (χ4n) is 2.91. The molecule has 1 amide bonds. The van der Waals surface area contributed by atoms with Crippen LogP contribution in [0.25, 0.3) is 0 Å². The van der Waals surface area contributed by atoms with Gasteiger partial charge in [0, 0.05) is 31.9 Å². The van der Waals surface area contributed by atoms with E-state index in [2.05, 4.69) is 17.6 Å². The zero-order valence-corrected chi connectivity index (χ0v) is 13.4. The third kappa shape index (κ3) is 4.46. The van der Waals surface area contributed by atoms with Crippen LogP contribution in [0.1, 0.15) is 43.0 Å². The van der Waals surface area contributed by atoms with Crippen LogP contribution in [0.3, 0.4) is 0 Å². The highest BCUT2D eigenvalue weighted by Gasteiger charge is 2.18. The molecule has 0 spiro atoms. The Hall–Kier alpha value is -1.55. The Bertz CT molecular complexity index is 467. The molecule has 4 nitrogen and oxygen atoms in total. The SMILES string of the molecule is CC(CC1CCCCN1)Nc1ccccc1C(=O)N(C)C. The minimum atomic E-state index is 0.0427. The number of amides is 1. The Labute approximate surface area is 127 Å². The number of para-hydroxylation sites is 1. The molecule has 0 radical (unpaired) electrons. The van der Waals surface area contributed by atoms with Crippen LogP contribution in [-0.4, -0.2) is 43.5 Å². The summed E-state index contributed by atoms with van der Waals surface area (Å²) in [5.74, 6) is 0.0427. The average molecular weight is 289 g/mol. The number of rotatable bonds is 5. The zero-order chi connectivity index (χ0) is 15.2. The third-order valence-electron chi connectivity index (χ3n) is 4.02. The van der Waals surface area contributed by atoms with Crippen LogP contribution in [0.2, 0.25) is 0 Å².